The minimum atomic E-state index is -0.0815. The second-order valence-corrected chi connectivity index (χ2v) is 6.69. The van der Waals surface area contributed by atoms with Crippen LogP contribution in [0.15, 0.2) is 0 Å². The third-order valence-corrected chi connectivity index (χ3v) is 4.30. The third-order valence-electron chi connectivity index (χ3n) is 4.30. The van der Waals surface area contributed by atoms with Gasteiger partial charge in [0, 0.05) is 19.8 Å². The molecule has 0 aromatic rings. The molecule has 3 nitrogen and oxygen atoms in total. The van der Waals surface area contributed by atoms with Crippen LogP contribution in [0.5, 0.6) is 0 Å². The van der Waals surface area contributed by atoms with Gasteiger partial charge in [0.25, 0.3) is 0 Å². The molecule has 0 bridgehead atoms. The van der Waals surface area contributed by atoms with Gasteiger partial charge in [0.05, 0.1) is 11.7 Å². The van der Waals surface area contributed by atoms with Gasteiger partial charge in [-0.25, -0.2) is 0 Å². The topological polar surface area (TPSA) is 30.5 Å². The average molecular weight is 257 g/mol. The summed E-state index contributed by atoms with van der Waals surface area (Å²) in [7, 11) is 1.76. The van der Waals surface area contributed by atoms with Crippen molar-refractivity contribution in [2.24, 2.45) is 5.41 Å². The molecule has 2 unspecified atom stereocenters. The van der Waals surface area contributed by atoms with E-state index in [1.807, 2.05) is 0 Å². The summed E-state index contributed by atoms with van der Waals surface area (Å²) < 4.78 is 11.5. The SMILES string of the molecule is CCNC1C(OCCC(C)(C)OC)CCC1(C)C. The van der Waals surface area contributed by atoms with Crippen molar-refractivity contribution in [2.75, 3.05) is 20.3 Å². The lowest BCUT2D eigenvalue weighted by molar-refractivity contribution is -0.0338. The Morgan fingerprint density at radius 3 is 2.56 bits per heavy atom. The van der Waals surface area contributed by atoms with E-state index in [-0.39, 0.29) is 5.60 Å². The highest BCUT2D eigenvalue weighted by molar-refractivity contribution is 4.97. The maximum Gasteiger partial charge on any atom is 0.0733 e. The van der Waals surface area contributed by atoms with E-state index >= 15 is 0 Å². The smallest absolute Gasteiger partial charge is 0.0733 e. The van der Waals surface area contributed by atoms with E-state index in [9.17, 15) is 0 Å². The quantitative estimate of drug-likeness (QED) is 0.760. The fourth-order valence-electron chi connectivity index (χ4n) is 2.71. The van der Waals surface area contributed by atoms with Crippen molar-refractivity contribution in [3.63, 3.8) is 0 Å². The largest absolute Gasteiger partial charge is 0.379 e. The van der Waals surface area contributed by atoms with Crippen molar-refractivity contribution in [1.29, 1.82) is 0 Å². The van der Waals surface area contributed by atoms with E-state index in [1.165, 1.54) is 6.42 Å². The van der Waals surface area contributed by atoms with E-state index in [1.54, 1.807) is 7.11 Å². The van der Waals surface area contributed by atoms with Crippen molar-refractivity contribution in [2.45, 2.75) is 71.6 Å². The van der Waals surface area contributed by atoms with Crippen LogP contribution in [0.25, 0.3) is 0 Å². The van der Waals surface area contributed by atoms with Crippen LogP contribution < -0.4 is 5.32 Å². The van der Waals surface area contributed by atoms with Gasteiger partial charge in [0.1, 0.15) is 0 Å². The highest BCUT2D eigenvalue weighted by Gasteiger charge is 2.42. The standard InChI is InChI=1S/C15H31NO2/c1-7-16-13-12(8-9-14(13,2)3)18-11-10-15(4,5)17-6/h12-13,16H,7-11H2,1-6H3. The first-order valence-corrected chi connectivity index (χ1v) is 7.22. The van der Waals surface area contributed by atoms with Crippen molar-refractivity contribution in [3.8, 4) is 0 Å². The Morgan fingerprint density at radius 1 is 1.33 bits per heavy atom. The lowest BCUT2D eigenvalue weighted by atomic mass is 9.87. The van der Waals surface area contributed by atoms with Crippen LogP contribution in [0.2, 0.25) is 0 Å². The van der Waals surface area contributed by atoms with Gasteiger partial charge in [0.15, 0.2) is 0 Å². The number of nitrogens with one attached hydrogen (secondary N) is 1. The van der Waals surface area contributed by atoms with Crippen LogP contribution in [0.3, 0.4) is 0 Å². The van der Waals surface area contributed by atoms with E-state index in [4.69, 9.17) is 9.47 Å². The van der Waals surface area contributed by atoms with Crippen LogP contribution in [0.4, 0.5) is 0 Å². The first-order valence-electron chi connectivity index (χ1n) is 7.22. The number of hydrogen-bond donors (Lipinski definition) is 1. The van der Waals surface area contributed by atoms with Gasteiger partial charge in [-0.15, -0.1) is 0 Å². The monoisotopic (exact) mass is 257 g/mol. The molecule has 0 aromatic carbocycles. The number of likely N-dealkylation sites (N-methyl/N-ethyl adjacent to an activating group) is 1. The molecule has 0 aromatic heterocycles. The van der Waals surface area contributed by atoms with E-state index in [2.05, 4.69) is 39.9 Å². The number of hydrogen-bond acceptors (Lipinski definition) is 3. The highest BCUT2D eigenvalue weighted by atomic mass is 16.5. The van der Waals surface area contributed by atoms with E-state index in [0.29, 0.717) is 17.6 Å². The van der Waals surface area contributed by atoms with Crippen LogP contribution in [0.1, 0.15) is 53.9 Å². The van der Waals surface area contributed by atoms with Crippen molar-refractivity contribution in [1.82, 2.24) is 5.32 Å². The van der Waals surface area contributed by atoms with Crippen molar-refractivity contribution < 1.29 is 9.47 Å². The Balaban J connectivity index is 2.42. The first kappa shape index (κ1) is 15.9. The zero-order valence-corrected chi connectivity index (χ0v) is 13.0. The summed E-state index contributed by atoms with van der Waals surface area (Å²) in [6.07, 6.45) is 3.70. The van der Waals surface area contributed by atoms with Crippen LogP contribution in [-0.4, -0.2) is 38.0 Å². The molecular weight excluding hydrogens is 226 g/mol. The van der Waals surface area contributed by atoms with Gasteiger partial charge >= 0.3 is 0 Å². The zero-order chi connectivity index (χ0) is 13.8. The molecule has 0 radical (unpaired) electrons. The molecule has 1 rings (SSSR count). The molecule has 0 saturated heterocycles. The summed E-state index contributed by atoms with van der Waals surface area (Å²) in [5.41, 5.74) is 0.263. The summed E-state index contributed by atoms with van der Waals surface area (Å²) in [6.45, 7) is 12.8. The molecule has 0 heterocycles. The second kappa shape index (κ2) is 6.36. The minimum Gasteiger partial charge on any atom is -0.379 e. The Hall–Kier alpha value is -0.120. The van der Waals surface area contributed by atoms with E-state index in [0.717, 1.165) is 26.0 Å². The summed E-state index contributed by atoms with van der Waals surface area (Å²) in [5.74, 6) is 0. The highest BCUT2D eigenvalue weighted by Crippen LogP contribution is 2.39. The minimum absolute atomic E-state index is 0.0815. The molecule has 2 atom stereocenters. The molecule has 1 aliphatic carbocycles. The maximum absolute atomic E-state index is 6.10. The molecule has 1 fully saturated rings. The molecular formula is C15H31NO2. The Bertz CT molecular complexity index is 251. The Labute approximate surface area is 113 Å². The fraction of sp³-hybridized carbons (Fsp3) is 1.00. The number of methoxy groups -OCH3 is 1. The zero-order valence-electron chi connectivity index (χ0n) is 13.0. The molecule has 1 aliphatic rings. The van der Waals surface area contributed by atoms with Gasteiger partial charge in [-0.05, 0) is 45.1 Å². The average Bonchev–Trinajstić information content (AvgIpc) is 2.57. The fourth-order valence-corrected chi connectivity index (χ4v) is 2.71. The second-order valence-electron chi connectivity index (χ2n) is 6.69. The normalized spacial score (nSPS) is 27.7. The Kier molecular flexibility index (Phi) is 5.63. The van der Waals surface area contributed by atoms with Crippen LogP contribution >= 0.6 is 0 Å². The van der Waals surface area contributed by atoms with Crippen LogP contribution in [0, 0.1) is 5.41 Å². The molecule has 1 saturated carbocycles. The molecule has 108 valence electrons. The van der Waals surface area contributed by atoms with Crippen molar-refractivity contribution >= 4 is 0 Å². The molecule has 0 aliphatic heterocycles. The summed E-state index contributed by atoms with van der Waals surface area (Å²) in [5, 5.41) is 3.59. The summed E-state index contributed by atoms with van der Waals surface area (Å²) in [4.78, 5) is 0. The van der Waals surface area contributed by atoms with E-state index < -0.39 is 0 Å². The lowest BCUT2D eigenvalue weighted by Crippen LogP contribution is -2.45. The van der Waals surface area contributed by atoms with Gasteiger partial charge in [-0.3, -0.25) is 0 Å². The molecule has 0 amide bonds. The number of rotatable bonds is 7. The van der Waals surface area contributed by atoms with Gasteiger partial charge in [-0.1, -0.05) is 20.8 Å². The van der Waals surface area contributed by atoms with Gasteiger partial charge in [-0.2, -0.15) is 0 Å². The Morgan fingerprint density at radius 2 is 2.00 bits per heavy atom. The van der Waals surface area contributed by atoms with Crippen molar-refractivity contribution in [3.05, 3.63) is 0 Å². The first-order chi connectivity index (χ1) is 8.32. The molecule has 1 N–H and O–H groups in total. The molecule has 0 spiro atoms. The lowest BCUT2D eigenvalue weighted by Gasteiger charge is -2.32. The third kappa shape index (κ3) is 4.22. The van der Waals surface area contributed by atoms with Gasteiger partial charge < -0.3 is 14.8 Å². The molecule has 18 heavy (non-hydrogen) atoms. The predicted octanol–water partition coefficient (Wildman–Crippen LogP) is 2.98. The summed E-state index contributed by atoms with van der Waals surface area (Å²) >= 11 is 0. The van der Waals surface area contributed by atoms with Gasteiger partial charge in [0.2, 0.25) is 0 Å². The predicted molar refractivity (Wildman–Crippen MR) is 75.9 cm³/mol. The summed E-state index contributed by atoms with van der Waals surface area (Å²) in [6, 6.07) is 0.480. The molecule has 3 heteroatoms. The maximum atomic E-state index is 6.10. The van der Waals surface area contributed by atoms with Crippen LogP contribution in [-0.2, 0) is 9.47 Å². The number of ether oxygens (including phenoxy) is 2.